The molecule has 1 N–H and O–H groups in total. The van der Waals surface area contributed by atoms with Crippen molar-refractivity contribution in [3.05, 3.63) is 28.8 Å². The summed E-state index contributed by atoms with van der Waals surface area (Å²) in [4.78, 5) is 13.9. The van der Waals surface area contributed by atoms with Gasteiger partial charge in [0.2, 0.25) is 0 Å². The molecular weight excluding hydrogens is 264 g/mol. The van der Waals surface area contributed by atoms with Crippen molar-refractivity contribution in [2.24, 2.45) is 5.92 Å². The SMILES string of the molecule is CC(C)CN(CCC#N)C(=O)c1ccc(Cl)cc1O. The van der Waals surface area contributed by atoms with Crippen molar-refractivity contribution in [2.75, 3.05) is 13.1 Å². The number of halogens is 1. The van der Waals surface area contributed by atoms with Gasteiger partial charge in [-0.25, -0.2) is 0 Å². The third kappa shape index (κ3) is 4.46. The Labute approximate surface area is 118 Å². The maximum atomic E-state index is 12.3. The van der Waals surface area contributed by atoms with Crippen LogP contribution in [0.3, 0.4) is 0 Å². The number of hydrogen-bond acceptors (Lipinski definition) is 3. The van der Waals surface area contributed by atoms with E-state index in [0.717, 1.165) is 0 Å². The molecule has 102 valence electrons. The van der Waals surface area contributed by atoms with Crippen molar-refractivity contribution in [1.82, 2.24) is 4.90 Å². The lowest BCUT2D eigenvalue weighted by Gasteiger charge is -2.24. The Morgan fingerprint density at radius 2 is 2.21 bits per heavy atom. The van der Waals surface area contributed by atoms with Gasteiger partial charge in [0.05, 0.1) is 18.1 Å². The minimum absolute atomic E-state index is 0.136. The van der Waals surface area contributed by atoms with Crippen molar-refractivity contribution in [3.8, 4) is 11.8 Å². The van der Waals surface area contributed by atoms with Crippen LogP contribution in [-0.4, -0.2) is 29.0 Å². The molecule has 0 aliphatic rings. The van der Waals surface area contributed by atoms with Gasteiger partial charge in [0.25, 0.3) is 5.91 Å². The highest BCUT2D eigenvalue weighted by Gasteiger charge is 2.19. The quantitative estimate of drug-likeness (QED) is 0.901. The summed E-state index contributed by atoms with van der Waals surface area (Å²) < 4.78 is 0. The number of aromatic hydroxyl groups is 1. The number of nitrogens with zero attached hydrogens (tertiary/aromatic N) is 2. The van der Waals surface area contributed by atoms with Crippen LogP contribution in [0.2, 0.25) is 5.02 Å². The molecule has 0 unspecified atom stereocenters. The number of phenolic OH excluding ortho intramolecular Hbond substituents is 1. The minimum Gasteiger partial charge on any atom is -0.507 e. The molecule has 0 bridgehead atoms. The fourth-order valence-corrected chi connectivity index (χ4v) is 1.92. The van der Waals surface area contributed by atoms with E-state index in [1.54, 1.807) is 11.0 Å². The smallest absolute Gasteiger partial charge is 0.257 e. The van der Waals surface area contributed by atoms with Gasteiger partial charge in [0, 0.05) is 18.1 Å². The molecule has 0 radical (unpaired) electrons. The van der Waals surface area contributed by atoms with Gasteiger partial charge in [-0.1, -0.05) is 25.4 Å². The van der Waals surface area contributed by atoms with Gasteiger partial charge in [-0.3, -0.25) is 4.79 Å². The summed E-state index contributed by atoms with van der Waals surface area (Å²) in [6, 6.07) is 6.43. The van der Waals surface area contributed by atoms with E-state index in [1.165, 1.54) is 12.1 Å². The Bertz CT molecular complexity index is 495. The molecule has 0 fully saturated rings. The molecule has 1 rings (SSSR count). The Morgan fingerprint density at radius 1 is 1.53 bits per heavy atom. The second-order valence-electron chi connectivity index (χ2n) is 4.71. The van der Waals surface area contributed by atoms with Crippen LogP contribution in [-0.2, 0) is 0 Å². The van der Waals surface area contributed by atoms with E-state index in [9.17, 15) is 9.90 Å². The molecule has 0 aliphatic carbocycles. The van der Waals surface area contributed by atoms with E-state index in [-0.39, 0.29) is 29.6 Å². The zero-order valence-corrected chi connectivity index (χ0v) is 11.8. The monoisotopic (exact) mass is 280 g/mol. The summed E-state index contributed by atoms with van der Waals surface area (Å²) in [6.45, 7) is 4.89. The van der Waals surface area contributed by atoms with E-state index < -0.39 is 0 Å². The van der Waals surface area contributed by atoms with Gasteiger partial charge < -0.3 is 10.0 Å². The Morgan fingerprint density at radius 3 is 2.74 bits per heavy atom. The van der Waals surface area contributed by atoms with Crippen LogP contribution in [0.15, 0.2) is 18.2 Å². The number of carbonyl (C=O) groups excluding carboxylic acids is 1. The van der Waals surface area contributed by atoms with E-state index in [4.69, 9.17) is 16.9 Å². The van der Waals surface area contributed by atoms with Gasteiger partial charge in [0.1, 0.15) is 5.75 Å². The van der Waals surface area contributed by atoms with Gasteiger partial charge in [-0.2, -0.15) is 5.26 Å². The molecular formula is C14H17ClN2O2. The van der Waals surface area contributed by atoms with Gasteiger partial charge >= 0.3 is 0 Å². The average molecular weight is 281 g/mol. The zero-order chi connectivity index (χ0) is 14.4. The van der Waals surface area contributed by atoms with Crippen LogP contribution in [0.1, 0.15) is 30.6 Å². The molecule has 0 aliphatic heterocycles. The Kier molecular flexibility index (Phi) is 5.65. The summed E-state index contributed by atoms with van der Waals surface area (Å²) in [7, 11) is 0. The van der Waals surface area contributed by atoms with Crippen LogP contribution >= 0.6 is 11.6 Å². The molecule has 1 aromatic rings. The maximum absolute atomic E-state index is 12.3. The van der Waals surface area contributed by atoms with Gasteiger partial charge in [-0.15, -0.1) is 0 Å². The predicted octanol–water partition coefficient (Wildman–Crippen LogP) is 3.06. The molecule has 0 saturated heterocycles. The molecule has 1 amide bonds. The number of nitriles is 1. The standard InChI is InChI=1S/C14H17ClN2O2/c1-10(2)9-17(7-3-6-16)14(19)12-5-4-11(15)8-13(12)18/h4-5,8,10,18H,3,7,9H2,1-2H3. The first kappa shape index (κ1) is 15.3. The fraction of sp³-hybridized carbons (Fsp3) is 0.429. The minimum atomic E-state index is -0.280. The van der Waals surface area contributed by atoms with Crippen LogP contribution in [0, 0.1) is 17.2 Å². The molecule has 5 heteroatoms. The molecule has 0 saturated carbocycles. The number of amides is 1. The zero-order valence-electron chi connectivity index (χ0n) is 11.1. The van der Waals surface area contributed by atoms with E-state index in [0.29, 0.717) is 18.1 Å². The average Bonchev–Trinajstić information content (AvgIpc) is 2.33. The summed E-state index contributed by atoms with van der Waals surface area (Å²) in [5.41, 5.74) is 0.211. The fourth-order valence-electron chi connectivity index (χ4n) is 1.76. The predicted molar refractivity (Wildman–Crippen MR) is 74.1 cm³/mol. The first-order chi connectivity index (χ1) is 8.95. The lowest BCUT2D eigenvalue weighted by atomic mass is 10.1. The second-order valence-corrected chi connectivity index (χ2v) is 5.15. The highest BCUT2D eigenvalue weighted by molar-refractivity contribution is 6.30. The molecule has 4 nitrogen and oxygen atoms in total. The van der Waals surface area contributed by atoms with Crippen molar-refractivity contribution >= 4 is 17.5 Å². The number of phenols is 1. The molecule has 1 aromatic carbocycles. The summed E-state index contributed by atoms with van der Waals surface area (Å²) in [6.07, 6.45) is 0.271. The van der Waals surface area contributed by atoms with Gasteiger partial charge in [-0.05, 0) is 24.1 Å². The van der Waals surface area contributed by atoms with Crippen LogP contribution in [0.25, 0.3) is 0 Å². The number of rotatable bonds is 5. The van der Waals surface area contributed by atoms with Gasteiger partial charge in [0.15, 0.2) is 0 Å². The number of hydrogen-bond donors (Lipinski definition) is 1. The van der Waals surface area contributed by atoms with Crippen molar-refractivity contribution in [1.29, 1.82) is 5.26 Å². The van der Waals surface area contributed by atoms with Crippen LogP contribution in [0.4, 0.5) is 0 Å². The first-order valence-corrected chi connectivity index (χ1v) is 6.48. The number of carbonyl (C=O) groups is 1. The lowest BCUT2D eigenvalue weighted by Crippen LogP contribution is -2.35. The first-order valence-electron chi connectivity index (χ1n) is 6.10. The third-order valence-corrected chi connectivity index (χ3v) is 2.79. The largest absolute Gasteiger partial charge is 0.507 e. The Balaban J connectivity index is 2.94. The topological polar surface area (TPSA) is 64.3 Å². The third-order valence-electron chi connectivity index (χ3n) is 2.56. The van der Waals surface area contributed by atoms with E-state index in [2.05, 4.69) is 0 Å². The normalized spacial score (nSPS) is 10.3. The molecule has 0 atom stereocenters. The maximum Gasteiger partial charge on any atom is 0.257 e. The van der Waals surface area contributed by atoms with E-state index in [1.807, 2.05) is 19.9 Å². The van der Waals surface area contributed by atoms with E-state index >= 15 is 0 Å². The van der Waals surface area contributed by atoms with Crippen molar-refractivity contribution < 1.29 is 9.90 Å². The summed E-state index contributed by atoms with van der Waals surface area (Å²) in [5, 5.41) is 18.8. The molecule has 0 heterocycles. The second kappa shape index (κ2) is 7.01. The molecule has 0 spiro atoms. The highest BCUT2D eigenvalue weighted by Crippen LogP contribution is 2.23. The van der Waals surface area contributed by atoms with Crippen molar-refractivity contribution in [2.45, 2.75) is 20.3 Å². The lowest BCUT2D eigenvalue weighted by molar-refractivity contribution is 0.0737. The number of benzene rings is 1. The summed E-state index contributed by atoms with van der Waals surface area (Å²) in [5.74, 6) is -0.126. The highest BCUT2D eigenvalue weighted by atomic mass is 35.5. The van der Waals surface area contributed by atoms with Crippen LogP contribution in [0.5, 0.6) is 5.75 Å². The molecule has 0 aromatic heterocycles. The summed E-state index contributed by atoms with van der Waals surface area (Å²) >= 11 is 5.74. The Hall–Kier alpha value is -1.73. The van der Waals surface area contributed by atoms with Crippen molar-refractivity contribution in [3.63, 3.8) is 0 Å². The van der Waals surface area contributed by atoms with Crippen LogP contribution < -0.4 is 0 Å². The molecule has 19 heavy (non-hydrogen) atoms.